The van der Waals surface area contributed by atoms with Crippen LogP contribution in [0.25, 0.3) is 0 Å². The number of hydrogen-bond donors (Lipinski definition) is 0. The third-order valence-electron chi connectivity index (χ3n) is 2.39. The van der Waals surface area contributed by atoms with Gasteiger partial charge in [0.25, 0.3) is 0 Å². The van der Waals surface area contributed by atoms with E-state index in [4.69, 9.17) is 0 Å². The molecule has 0 heterocycles. The van der Waals surface area contributed by atoms with E-state index < -0.39 is 0 Å². The number of carbonyl (C=O) groups excluding carboxylic acids is 2. The van der Waals surface area contributed by atoms with Crippen LogP contribution in [0.15, 0.2) is 24.3 Å². The number of carbonyl (C=O) groups is 2. The molecule has 1 rings (SSSR count). The summed E-state index contributed by atoms with van der Waals surface area (Å²) in [5, 5.41) is 0. The second kappa shape index (κ2) is 5.44. The summed E-state index contributed by atoms with van der Waals surface area (Å²) in [6, 6.07) is 7.59. The molecule has 0 saturated carbocycles. The van der Waals surface area contributed by atoms with Gasteiger partial charge in [-0.1, -0.05) is 31.2 Å². The minimum atomic E-state index is 0.0489. The molecule has 0 aromatic heterocycles. The molecular formula is C13H16O2. The van der Waals surface area contributed by atoms with Crippen LogP contribution in [0.4, 0.5) is 0 Å². The van der Waals surface area contributed by atoms with Crippen LogP contribution < -0.4 is 0 Å². The van der Waals surface area contributed by atoms with Crippen molar-refractivity contribution in [2.45, 2.75) is 33.1 Å². The van der Waals surface area contributed by atoms with E-state index in [1.165, 1.54) is 12.5 Å². The normalized spacial score (nSPS) is 10.0. The lowest BCUT2D eigenvalue weighted by atomic mass is 10.0. The highest BCUT2D eigenvalue weighted by Crippen LogP contribution is 2.08. The highest BCUT2D eigenvalue weighted by atomic mass is 16.1. The zero-order valence-electron chi connectivity index (χ0n) is 9.25. The van der Waals surface area contributed by atoms with Gasteiger partial charge in [0.1, 0.15) is 5.78 Å². The molecule has 0 radical (unpaired) electrons. The largest absolute Gasteiger partial charge is 0.300 e. The number of Topliss-reactive ketones (excluding diaryl/α,β-unsaturated/α-hetero) is 2. The van der Waals surface area contributed by atoms with Gasteiger partial charge in [-0.2, -0.15) is 0 Å². The summed E-state index contributed by atoms with van der Waals surface area (Å²) in [5.74, 6) is 0.112. The summed E-state index contributed by atoms with van der Waals surface area (Å²) in [6.45, 7) is 3.58. The molecule has 0 unspecified atom stereocenters. The molecule has 0 N–H and O–H groups in total. The number of aryl methyl sites for hydroxylation is 1. The van der Waals surface area contributed by atoms with Crippen LogP contribution in [-0.2, 0) is 11.2 Å². The van der Waals surface area contributed by atoms with Crippen LogP contribution in [0.2, 0.25) is 0 Å². The molecule has 80 valence electrons. The highest BCUT2D eigenvalue weighted by Gasteiger charge is 2.06. The van der Waals surface area contributed by atoms with Crippen molar-refractivity contribution in [3.05, 3.63) is 35.4 Å². The van der Waals surface area contributed by atoms with E-state index in [2.05, 4.69) is 6.92 Å². The Kier molecular flexibility index (Phi) is 4.22. The predicted molar refractivity (Wildman–Crippen MR) is 60.1 cm³/mol. The lowest BCUT2D eigenvalue weighted by Crippen LogP contribution is -2.02. The zero-order valence-corrected chi connectivity index (χ0v) is 9.25. The molecule has 1 aromatic rings. The fraction of sp³-hybridized carbons (Fsp3) is 0.385. The molecule has 0 amide bonds. The second-order valence-corrected chi connectivity index (χ2v) is 3.68. The maximum absolute atomic E-state index is 11.6. The van der Waals surface area contributed by atoms with Gasteiger partial charge >= 0.3 is 0 Å². The van der Waals surface area contributed by atoms with Crippen LogP contribution in [-0.4, -0.2) is 11.6 Å². The van der Waals surface area contributed by atoms with Gasteiger partial charge in [-0.25, -0.2) is 0 Å². The first kappa shape index (κ1) is 11.6. The maximum atomic E-state index is 11.6. The Hall–Kier alpha value is -1.44. The smallest absolute Gasteiger partial charge is 0.163 e. The quantitative estimate of drug-likeness (QED) is 0.691. The van der Waals surface area contributed by atoms with Crippen molar-refractivity contribution in [2.75, 3.05) is 0 Å². The van der Waals surface area contributed by atoms with Crippen molar-refractivity contribution in [1.82, 2.24) is 0 Å². The Morgan fingerprint density at radius 3 is 2.13 bits per heavy atom. The summed E-state index contributed by atoms with van der Waals surface area (Å²) >= 11 is 0. The first-order chi connectivity index (χ1) is 7.13. The van der Waals surface area contributed by atoms with Crippen molar-refractivity contribution in [2.24, 2.45) is 0 Å². The first-order valence-electron chi connectivity index (χ1n) is 5.25. The zero-order chi connectivity index (χ0) is 11.3. The number of benzene rings is 1. The molecule has 0 spiro atoms. The van der Waals surface area contributed by atoms with Gasteiger partial charge in [-0.15, -0.1) is 0 Å². The van der Waals surface area contributed by atoms with E-state index in [9.17, 15) is 9.59 Å². The Labute approximate surface area is 90.3 Å². The summed E-state index contributed by atoms with van der Waals surface area (Å²) in [5.41, 5.74) is 1.92. The Balaban J connectivity index is 2.62. The fourth-order valence-electron chi connectivity index (χ4n) is 1.36. The average Bonchev–Trinajstić information content (AvgIpc) is 2.26. The minimum Gasteiger partial charge on any atom is -0.300 e. The summed E-state index contributed by atoms with van der Waals surface area (Å²) in [4.78, 5) is 22.3. The lowest BCUT2D eigenvalue weighted by molar-refractivity contribution is -0.116. The van der Waals surface area contributed by atoms with Crippen LogP contribution in [0, 0.1) is 0 Å². The molecule has 0 bridgehead atoms. The van der Waals surface area contributed by atoms with Crippen molar-refractivity contribution < 1.29 is 9.59 Å². The Morgan fingerprint density at radius 2 is 1.67 bits per heavy atom. The number of rotatable bonds is 5. The van der Waals surface area contributed by atoms with E-state index in [1.807, 2.05) is 24.3 Å². The van der Waals surface area contributed by atoms with E-state index in [1.54, 1.807) is 0 Å². The SMILES string of the molecule is CCc1ccc(C(=O)CCC(C)=O)cc1. The predicted octanol–water partition coefficient (Wildman–Crippen LogP) is 2.80. The molecule has 0 atom stereocenters. The molecule has 0 aliphatic heterocycles. The van der Waals surface area contributed by atoms with E-state index in [-0.39, 0.29) is 11.6 Å². The van der Waals surface area contributed by atoms with Crippen LogP contribution in [0.1, 0.15) is 42.6 Å². The molecule has 0 aliphatic carbocycles. The maximum Gasteiger partial charge on any atom is 0.163 e. The number of ketones is 2. The molecule has 2 nitrogen and oxygen atoms in total. The molecular weight excluding hydrogens is 188 g/mol. The monoisotopic (exact) mass is 204 g/mol. The van der Waals surface area contributed by atoms with Gasteiger partial charge in [0.05, 0.1) is 0 Å². The Bertz CT molecular complexity index is 349. The third-order valence-corrected chi connectivity index (χ3v) is 2.39. The van der Waals surface area contributed by atoms with Gasteiger partial charge in [-0.3, -0.25) is 4.79 Å². The summed E-state index contributed by atoms with van der Waals surface area (Å²) in [6.07, 6.45) is 1.64. The van der Waals surface area contributed by atoms with Crippen LogP contribution in [0.5, 0.6) is 0 Å². The highest BCUT2D eigenvalue weighted by molar-refractivity contribution is 5.97. The summed E-state index contributed by atoms with van der Waals surface area (Å²) < 4.78 is 0. The standard InChI is InChI=1S/C13H16O2/c1-3-11-5-7-12(8-6-11)13(15)9-4-10(2)14/h5-8H,3-4,9H2,1-2H3. The molecule has 0 saturated heterocycles. The van der Waals surface area contributed by atoms with E-state index in [0.717, 1.165) is 6.42 Å². The molecule has 1 aromatic carbocycles. The van der Waals surface area contributed by atoms with Crippen LogP contribution in [0.3, 0.4) is 0 Å². The summed E-state index contributed by atoms with van der Waals surface area (Å²) in [7, 11) is 0. The van der Waals surface area contributed by atoms with Gasteiger partial charge in [-0.05, 0) is 18.9 Å². The van der Waals surface area contributed by atoms with Crippen molar-refractivity contribution in [1.29, 1.82) is 0 Å². The van der Waals surface area contributed by atoms with Gasteiger partial charge in [0.2, 0.25) is 0 Å². The Morgan fingerprint density at radius 1 is 1.07 bits per heavy atom. The first-order valence-corrected chi connectivity index (χ1v) is 5.25. The molecule has 0 aliphatic rings. The fourth-order valence-corrected chi connectivity index (χ4v) is 1.36. The number of hydrogen-bond acceptors (Lipinski definition) is 2. The lowest BCUT2D eigenvalue weighted by Gasteiger charge is -2.01. The van der Waals surface area contributed by atoms with Gasteiger partial charge in [0.15, 0.2) is 5.78 Å². The van der Waals surface area contributed by atoms with Crippen molar-refractivity contribution >= 4 is 11.6 Å². The average molecular weight is 204 g/mol. The third kappa shape index (κ3) is 3.66. The van der Waals surface area contributed by atoms with Crippen LogP contribution >= 0.6 is 0 Å². The molecule has 15 heavy (non-hydrogen) atoms. The van der Waals surface area contributed by atoms with Crippen molar-refractivity contribution in [3.8, 4) is 0 Å². The van der Waals surface area contributed by atoms with Gasteiger partial charge < -0.3 is 4.79 Å². The topological polar surface area (TPSA) is 34.1 Å². The molecule has 0 fully saturated rings. The van der Waals surface area contributed by atoms with E-state index >= 15 is 0 Å². The second-order valence-electron chi connectivity index (χ2n) is 3.68. The molecule has 2 heteroatoms. The van der Waals surface area contributed by atoms with Crippen molar-refractivity contribution in [3.63, 3.8) is 0 Å². The minimum absolute atomic E-state index is 0.0489. The van der Waals surface area contributed by atoms with E-state index in [0.29, 0.717) is 18.4 Å². The van der Waals surface area contributed by atoms with Gasteiger partial charge in [0, 0.05) is 18.4 Å².